The van der Waals surface area contributed by atoms with Crippen LogP contribution in [0.15, 0.2) is 54.7 Å². The number of thiazole rings is 1. The molecule has 0 amide bonds. The lowest BCUT2D eigenvalue weighted by molar-refractivity contribution is 0.306. The molecule has 1 heterocycles. The summed E-state index contributed by atoms with van der Waals surface area (Å²) in [6, 6.07) is 15.5. The Morgan fingerprint density at radius 2 is 1.91 bits per heavy atom. The first-order valence-electron chi connectivity index (χ1n) is 7.00. The first-order chi connectivity index (χ1) is 11.2. The van der Waals surface area contributed by atoms with Crippen LogP contribution in [0.5, 0.6) is 5.75 Å². The molecule has 3 aromatic rings. The van der Waals surface area contributed by atoms with Gasteiger partial charge in [-0.25, -0.2) is 4.98 Å². The molecule has 0 aliphatic rings. The van der Waals surface area contributed by atoms with Gasteiger partial charge < -0.3 is 10.1 Å². The molecule has 23 heavy (non-hydrogen) atoms. The Morgan fingerprint density at radius 1 is 1.09 bits per heavy atom. The van der Waals surface area contributed by atoms with Crippen molar-refractivity contribution in [2.24, 2.45) is 0 Å². The molecule has 1 aromatic heterocycles. The Balaban J connectivity index is 1.57. The lowest BCUT2D eigenvalue weighted by Gasteiger charge is -2.09. The smallest absolute Gasteiger partial charge is 0.183 e. The fraction of sp³-hybridized carbons (Fsp3) is 0.118. The predicted molar refractivity (Wildman–Crippen MR) is 96.7 cm³/mol. The standard InChI is InChI=1S/C17H14Cl2N2OS/c18-13-4-6-15(7-5-13)22-11-12-2-1-3-14(8-12)20-9-16-10-21-17(19)23-16/h1-8,10,20H,9,11H2. The van der Waals surface area contributed by atoms with Gasteiger partial charge in [0.05, 0.1) is 6.54 Å². The van der Waals surface area contributed by atoms with Crippen LogP contribution >= 0.6 is 34.5 Å². The minimum atomic E-state index is 0.504. The summed E-state index contributed by atoms with van der Waals surface area (Å²) in [6.07, 6.45) is 1.79. The van der Waals surface area contributed by atoms with Crippen molar-refractivity contribution in [3.05, 3.63) is 74.7 Å². The fourth-order valence-electron chi connectivity index (χ4n) is 2.02. The number of nitrogens with one attached hydrogen (secondary N) is 1. The summed E-state index contributed by atoms with van der Waals surface area (Å²) < 4.78 is 6.32. The van der Waals surface area contributed by atoms with Crippen molar-refractivity contribution in [2.45, 2.75) is 13.2 Å². The van der Waals surface area contributed by atoms with Gasteiger partial charge in [0.15, 0.2) is 4.47 Å². The van der Waals surface area contributed by atoms with Crippen LogP contribution in [0.1, 0.15) is 10.4 Å². The van der Waals surface area contributed by atoms with Crippen molar-refractivity contribution < 1.29 is 4.74 Å². The largest absolute Gasteiger partial charge is 0.489 e. The van der Waals surface area contributed by atoms with Gasteiger partial charge >= 0.3 is 0 Å². The molecule has 0 radical (unpaired) electrons. The van der Waals surface area contributed by atoms with Crippen molar-refractivity contribution in [2.75, 3.05) is 5.32 Å². The Labute approximate surface area is 148 Å². The zero-order valence-electron chi connectivity index (χ0n) is 12.1. The number of halogens is 2. The lowest BCUT2D eigenvalue weighted by Crippen LogP contribution is -2.00. The van der Waals surface area contributed by atoms with Crippen LogP contribution in [0.2, 0.25) is 9.49 Å². The van der Waals surface area contributed by atoms with Gasteiger partial charge in [0.2, 0.25) is 0 Å². The van der Waals surface area contributed by atoms with E-state index in [9.17, 15) is 0 Å². The summed E-state index contributed by atoms with van der Waals surface area (Å²) >= 11 is 13.2. The number of rotatable bonds is 6. The third kappa shape index (κ3) is 4.86. The number of hydrogen-bond donors (Lipinski definition) is 1. The highest BCUT2D eigenvalue weighted by Gasteiger charge is 2.01. The molecule has 0 atom stereocenters. The number of anilines is 1. The SMILES string of the molecule is Clc1ccc(OCc2cccc(NCc3cnc(Cl)s3)c2)cc1. The summed E-state index contributed by atoms with van der Waals surface area (Å²) in [5, 5.41) is 4.06. The zero-order valence-corrected chi connectivity index (χ0v) is 14.5. The molecule has 0 bridgehead atoms. The number of aromatic nitrogens is 1. The highest BCUT2D eigenvalue weighted by Crippen LogP contribution is 2.20. The number of hydrogen-bond acceptors (Lipinski definition) is 4. The van der Waals surface area contributed by atoms with Gasteiger partial charge in [0.25, 0.3) is 0 Å². The second-order valence-corrected chi connectivity index (χ2v) is 7.01. The Kier molecular flexibility index (Phi) is 5.39. The summed E-state index contributed by atoms with van der Waals surface area (Å²) in [5.41, 5.74) is 2.12. The predicted octanol–water partition coefficient (Wildman–Crippen LogP) is 5.64. The highest BCUT2D eigenvalue weighted by molar-refractivity contribution is 7.15. The second-order valence-electron chi connectivity index (χ2n) is 4.88. The van der Waals surface area contributed by atoms with Crippen LogP contribution in [-0.4, -0.2) is 4.98 Å². The van der Waals surface area contributed by atoms with E-state index in [0.29, 0.717) is 22.6 Å². The van der Waals surface area contributed by atoms with Gasteiger partial charge in [-0.2, -0.15) is 0 Å². The first-order valence-corrected chi connectivity index (χ1v) is 8.58. The zero-order chi connectivity index (χ0) is 16.1. The molecular weight excluding hydrogens is 351 g/mol. The molecule has 3 nitrogen and oxygen atoms in total. The van der Waals surface area contributed by atoms with Crippen LogP contribution in [-0.2, 0) is 13.2 Å². The van der Waals surface area contributed by atoms with Crippen molar-refractivity contribution in [3.8, 4) is 5.75 Å². The molecule has 0 saturated carbocycles. The monoisotopic (exact) mass is 364 g/mol. The van der Waals surface area contributed by atoms with Gasteiger partial charge in [-0.1, -0.05) is 35.3 Å². The maximum atomic E-state index is 5.86. The van der Waals surface area contributed by atoms with E-state index in [1.807, 2.05) is 42.5 Å². The molecule has 0 fully saturated rings. The maximum Gasteiger partial charge on any atom is 0.183 e. The highest BCUT2D eigenvalue weighted by atomic mass is 35.5. The van der Waals surface area contributed by atoms with Crippen molar-refractivity contribution in [1.29, 1.82) is 0 Å². The van der Waals surface area contributed by atoms with Crippen LogP contribution in [0.4, 0.5) is 5.69 Å². The van der Waals surface area contributed by atoms with Gasteiger partial charge in [-0.3, -0.25) is 0 Å². The average molecular weight is 365 g/mol. The quantitative estimate of drug-likeness (QED) is 0.614. The van der Waals surface area contributed by atoms with Gasteiger partial charge in [0.1, 0.15) is 12.4 Å². The van der Waals surface area contributed by atoms with E-state index in [2.05, 4.69) is 16.4 Å². The van der Waals surface area contributed by atoms with Crippen LogP contribution in [0.25, 0.3) is 0 Å². The summed E-state index contributed by atoms with van der Waals surface area (Å²) in [7, 11) is 0. The van der Waals surface area contributed by atoms with Crippen molar-refractivity contribution in [3.63, 3.8) is 0 Å². The molecule has 0 saturated heterocycles. The van der Waals surface area contributed by atoms with E-state index in [1.54, 1.807) is 6.20 Å². The summed E-state index contributed by atoms with van der Waals surface area (Å²) in [4.78, 5) is 5.13. The number of nitrogens with zero attached hydrogens (tertiary/aromatic N) is 1. The molecule has 0 aliphatic carbocycles. The number of ether oxygens (including phenoxy) is 1. The maximum absolute atomic E-state index is 5.86. The Hall–Kier alpha value is -1.75. The van der Waals surface area contributed by atoms with Crippen LogP contribution in [0, 0.1) is 0 Å². The molecule has 0 aliphatic heterocycles. The van der Waals surface area contributed by atoms with Crippen molar-refractivity contribution in [1.82, 2.24) is 4.98 Å². The van der Waals surface area contributed by atoms with E-state index in [1.165, 1.54) is 11.3 Å². The van der Waals surface area contributed by atoms with E-state index >= 15 is 0 Å². The van der Waals surface area contributed by atoms with Crippen LogP contribution < -0.4 is 10.1 Å². The molecule has 0 unspecified atom stereocenters. The Morgan fingerprint density at radius 3 is 2.65 bits per heavy atom. The fourth-order valence-corrected chi connectivity index (χ4v) is 3.07. The van der Waals surface area contributed by atoms with Gasteiger partial charge in [-0.05, 0) is 42.0 Å². The molecule has 2 aromatic carbocycles. The van der Waals surface area contributed by atoms with E-state index in [-0.39, 0.29) is 0 Å². The molecule has 1 N–H and O–H groups in total. The van der Waals surface area contributed by atoms with E-state index in [4.69, 9.17) is 27.9 Å². The second kappa shape index (κ2) is 7.68. The minimum Gasteiger partial charge on any atom is -0.489 e. The lowest BCUT2D eigenvalue weighted by atomic mass is 10.2. The average Bonchev–Trinajstić information content (AvgIpc) is 2.98. The van der Waals surface area contributed by atoms with E-state index < -0.39 is 0 Å². The van der Waals surface area contributed by atoms with Gasteiger partial charge in [0, 0.05) is 21.8 Å². The molecule has 0 spiro atoms. The molecule has 6 heteroatoms. The van der Waals surface area contributed by atoms with Gasteiger partial charge in [-0.15, -0.1) is 11.3 Å². The van der Waals surface area contributed by atoms with Crippen molar-refractivity contribution >= 4 is 40.2 Å². The molecule has 118 valence electrons. The third-order valence-corrected chi connectivity index (χ3v) is 4.51. The minimum absolute atomic E-state index is 0.504. The topological polar surface area (TPSA) is 34.1 Å². The third-order valence-electron chi connectivity index (χ3n) is 3.14. The van der Waals surface area contributed by atoms with Crippen LogP contribution in [0.3, 0.4) is 0 Å². The summed E-state index contributed by atoms with van der Waals surface area (Å²) in [6.45, 7) is 1.20. The van der Waals surface area contributed by atoms with E-state index in [0.717, 1.165) is 21.9 Å². The number of benzene rings is 2. The summed E-state index contributed by atoms with van der Waals surface area (Å²) in [5.74, 6) is 0.798. The first kappa shape index (κ1) is 16.1. The Bertz CT molecular complexity index is 774. The normalized spacial score (nSPS) is 10.5. The molecule has 3 rings (SSSR count). The molecular formula is C17H14Cl2N2OS.